The lowest BCUT2D eigenvalue weighted by Crippen LogP contribution is -2.40. The van der Waals surface area contributed by atoms with Crippen LogP contribution in [0, 0.1) is 6.92 Å². The topological polar surface area (TPSA) is 38.0 Å². The molecule has 0 heterocycles. The summed E-state index contributed by atoms with van der Waals surface area (Å²) in [5.74, 6) is 0. The minimum atomic E-state index is 0.472. The molecule has 0 aromatic heterocycles. The zero-order valence-electron chi connectivity index (χ0n) is 10.0. The van der Waals surface area contributed by atoms with Gasteiger partial charge in [0.2, 0.25) is 0 Å². The highest BCUT2D eigenvalue weighted by Crippen LogP contribution is 2.42. The molecule has 2 rings (SSSR count). The van der Waals surface area contributed by atoms with Crippen LogP contribution in [0.25, 0.3) is 0 Å². The van der Waals surface area contributed by atoms with E-state index >= 15 is 0 Å². The first-order valence-electron chi connectivity index (χ1n) is 5.80. The van der Waals surface area contributed by atoms with Gasteiger partial charge in [0, 0.05) is 22.7 Å². The van der Waals surface area contributed by atoms with Gasteiger partial charge in [0.15, 0.2) is 0 Å². The fraction of sp³-hybridized carbons (Fsp3) is 0.538. The SMILES string of the molecule is CSC1(CNc2ccc(C)c(N)c2)CCC1. The van der Waals surface area contributed by atoms with E-state index in [9.17, 15) is 0 Å². The highest BCUT2D eigenvalue weighted by atomic mass is 32.2. The minimum absolute atomic E-state index is 0.472. The van der Waals surface area contributed by atoms with Crippen molar-refractivity contribution in [1.82, 2.24) is 0 Å². The molecular weight excluding hydrogens is 216 g/mol. The number of hydrogen-bond donors (Lipinski definition) is 2. The van der Waals surface area contributed by atoms with Crippen molar-refractivity contribution in [3.05, 3.63) is 23.8 Å². The van der Waals surface area contributed by atoms with Crippen molar-refractivity contribution >= 4 is 23.1 Å². The molecule has 3 heteroatoms. The summed E-state index contributed by atoms with van der Waals surface area (Å²) < 4.78 is 0.472. The average molecular weight is 236 g/mol. The second kappa shape index (κ2) is 4.58. The molecule has 0 amide bonds. The standard InChI is InChI=1S/C13H20N2S/c1-10-4-5-11(8-12(10)14)15-9-13(16-2)6-3-7-13/h4-5,8,15H,3,6-7,9,14H2,1-2H3. The lowest BCUT2D eigenvalue weighted by atomic mass is 9.84. The van der Waals surface area contributed by atoms with Crippen molar-refractivity contribution in [3.63, 3.8) is 0 Å². The summed E-state index contributed by atoms with van der Waals surface area (Å²) in [5.41, 5.74) is 9.05. The Morgan fingerprint density at radius 3 is 2.69 bits per heavy atom. The van der Waals surface area contributed by atoms with Gasteiger partial charge in [-0.05, 0) is 43.7 Å². The summed E-state index contributed by atoms with van der Waals surface area (Å²) in [4.78, 5) is 0. The maximum atomic E-state index is 5.89. The Kier molecular flexibility index (Phi) is 3.33. The van der Waals surface area contributed by atoms with Gasteiger partial charge >= 0.3 is 0 Å². The number of thioether (sulfide) groups is 1. The first-order valence-corrected chi connectivity index (χ1v) is 7.03. The molecule has 1 aliphatic rings. The Hall–Kier alpha value is -0.830. The van der Waals surface area contributed by atoms with Crippen molar-refractivity contribution in [3.8, 4) is 0 Å². The Morgan fingerprint density at radius 2 is 2.19 bits per heavy atom. The fourth-order valence-electron chi connectivity index (χ4n) is 2.04. The third-order valence-electron chi connectivity index (χ3n) is 3.59. The van der Waals surface area contributed by atoms with Crippen molar-refractivity contribution in [2.45, 2.75) is 30.9 Å². The van der Waals surface area contributed by atoms with Crippen molar-refractivity contribution in [2.24, 2.45) is 0 Å². The maximum Gasteiger partial charge on any atom is 0.0364 e. The second-order valence-corrected chi connectivity index (χ2v) is 5.94. The maximum absolute atomic E-state index is 5.89. The van der Waals surface area contributed by atoms with Gasteiger partial charge in [0.05, 0.1) is 0 Å². The van der Waals surface area contributed by atoms with Crippen LogP contribution in [-0.4, -0.2) is 17.5 Å². The molecule has 3 N–H and O–H groups in total. The van der Waals surface area contributed by atoms with Crippen LogP contribution in [0.1, 0.15) is 24.8 Å². The van der Waals surface area contributed by atoms with Gasteiger partial charge in [-0.1, -0.05) is 12.5 Å². The van der Waals surface area contributed by atoms with Crippen LogP contribution in [0.4, 0.5) is 11.4 Å². The third-order valence-corrected chi connectivity index (χ3v) is 5.01. The monoisotopic (exact) mass is 236 g/mol. The van der Waals surface area contributed by atoms with Crippen LogP contribution >= 0.6 is 11.8 Å². The number of nitrogen functional groups attached to an aromatic ring is 1. The van der Waals surface area contributed by atoms with E-state index in [0.29, 0.717) is 4.75 Å². The Morgan fingerprint density at radius 1 is 1.44 bits per heavy atom. The van der Waals surface area contributed by atoms with Crippen LogP contribution in [0.15, 0.2) is 18.2 Å². The second-order valence-electron chi connectivity index (χ2n) is 4.67. The molecule has 0 aliphatic heterocycles. The Labute approximate surface area is 102 Å². The smallest absolute Gasteiger partial charge is 0.0364 e. The molecule has 1 saturated carbocycles. The largest absolute Gasteiger partial charge is 0.398 e. The number of hydrogen-bond acceptors (Lipinski definition) is 3. The highest BCUT2D eigenvalue weighted by molar-refractivity contribution is 8.00. The molecule has 1 aliphatic carbocycles. The summed E-state index contributed by atoms with van der Waals surface area (Å²) in [7, 11) is 0. The number of rotatable bonds is 4. The molecular formula is C13H20N2S. The minimum Gasteiger partial charge on any atom is -0.398 e. The molecule has 0 unspecified atom stereocenters. The molecule has 0 spiro atoms. The van der Waals surface area contributed by atoms with Gasteiger partial charge in [0.1, 0.15) is 0 Å². The van der Waals surface area contributed by atoms with Crippen LogP contribution < -0.4 is 11.1 Å². The van der Waals surface area contributed by atoms with Crippen LogP contribution in [0.3, 0.4) is 0 Å². The zero-order chi connectivity index (χ0) is 11.6. The molecule has 0 saturated heterocycles. The first kappa shape index (κ1) is 11.6. The van der Waals surface area contributed by atoms with Crippen LogP contribution in [0.5, 0.6) is 0 Å². The van der Waals surface area contributed by atoms with Gasteiger partial charge < -0.3 is 11.1 Å². The first-order chi connectivity index (χ1) is 7.65. The normalized spacial score (nSPS) is 17.9. The van der Waals surface area contributed by atoms with Gasteiger partial charge in [-0.15, -0.1) is 0 Å². The molecule has 0 bridgehead atoms. The van der Waals surface area contributed by atoms with E-state index in [-0.39, 0.29) is 0 Å². The summed E-state index contributed by atoms with van der Waals surface area (Å²) in [5, 5.41) is 3.51. The van der Waals surface area contributed by atoms with Crippen LogP contribution in [-0.2, 0) is 0 Å². The molecule has 88 valence electrons. The van der Waals surface area contributed by atoms with E-state index in [2.05, 4.69) is 23.7 Å². The molecule has 1 fully saturated rings. The summed E-state index contributed by atoms with van der Waals surface area (Å²) >= 11 is 1.99. The number of nitrogens with two attached hydrogens (primary N) is 1. The molecule has 0 atom stereocenters. The number of nitrogens with one attached hydrogen (secondary N) is 1. The quantitative estimate of drug-likeness (QED) is 0.788. The van der Waals surface area contributed by atoms with E-state index in [4.69, 9.17) is 5.73 Å². The Bertz CT molecular complexity index is 367. The van der Waals surface area contributed by atoms with Gasteiger partial charge in [-0.2, -0.15) is 11.8 Å². The summed E-state index contributed by atoms with van der Waals surface area (Å²) in [6.45, 7) is 3.09. The van der Waals surface area contributed by atoms with E-state index in [1.165, 1.54) is 19.3 Å². The molecule has 16 heavy (non-hydrogen) atoms. The van der Waals surface area contributed by atoms with Gasteiger partial charge in [-0.3, -0.25) is 0 Å². The molecule has 0 radical (unpaired) electrons. The fourth-order valence-corrected chi connectivity index (χ4v) is 2.95. The number of aryl methyl sites for hydroxylation is 1. The van der Waals surface area contributed by atoms with Crippen molar-refractivity contribution in [2.75, 3.05) is 23.9 Å². The summed E-state index contributed by atoms with van der Waals surface area (Å²) in [6.07, 6.45) is 6.26. The number of benzene rings is 1. The van der Waals surface area contributed by atoms with Gasteiger partial charge in [0.25, 0.3) is 0 Å². The van der Waals surface area contributed by atoms with E-state index < -0.39 is 0 Å². The van der Waals surface area contributed by atoms with E-state index in [0.717, 1.165) is 23.5 Å². The predicted molar refractivity (Wildman–Crippen MR) is 74.2 cm³/mol. The predicted octanol–water partition coefficient (Wildman–Crippen LogP) is 3.27. The lowest BCUT2D eigenvalue weighted by Gasteiger charge is -2.40. The highest BCUT2D eigenvalue weighted by Gasteiger charge is 2.35. The van der Waals surface area contributed by atoms with E-state index in [1.807, 2.05) is 24.8 Å². The third kappa shape index (κ3) is 2.29. The molecule has 1 aromatic carbocycles. The Balaban J connectivity index is 1.96. The van der Waals surface area contributed by atoms with Crippen LogP contribution in [0.2, 0.25) is 0 Å². The van der Waals surface area contributed by atoms with E-state index in [1.54, 1.807) is 0 Å². The summed E-state index contributed by atoms with van der Waals surface area (Å²) in [6, 6.07) is 6.21. The van der Waals surface area contributed by atoms with Crippen molar-refractivity contribution < 1.29 is 0 Å². The van der Waals surface area contributed by atoms with Crippen molar-refractivity contribution in [1.29, 1.82) is 0 Å². The zero-order valence-corrected chi connectivity index (χ0v) is 10.9. The molecule has 1 aromatic rings. The number of anilines is 2. The van der Waals surface area contributed by atoms with Gasteiger partial charge in [-0.25, -0.2) is 0 Å². The average Bonchev–Trinajstić information content (AvgIpc) is 2.22. The lowest BCUT2D eigenvalue weighted by molar-refractivity contribution is 0.380. The molecule has 2 nitrogen and oxygen atoms in total.